The number of phenols is 1. The van der Waals surface area contributed by atoms with Crippen molar-refractivity contribution in [3.05, 3.63) is 42.2 Å². The van der Waals surface area contributed by atoms with Gasteiger partial charge in [-0.1, -0.05) is 0 Å². The molecule has 130 valence electrons. The molecule has 1 atom stereocenters. The highest BCUT2D eigenvalue weighted by molar-refractivity contribution is 5.92. The first-order valence-electron chi connectivity index (χ1n) is 6.60. The van der Waals surface area contributed by atoms with Crippen LogP contribution in [0.3, 0.4) is 0 Å². The fourth-order valence-corrected chi connectivity index (χ4v) is 2.11. The Morgan fingerprint density at radius 2 is 2.04 bits per heavy atom. The molecule has 0 bridgehead atoms. The molecule has 10 heteroatoms. The van der Waals surface area contributed by atoms with E-state index >= 15 is 0 Å². The summed E-state index contributed by atoms with van der Waals surface area (Å²) in [5.41, 5.74) is -3.96. The summed E-state index contributed by atoms with van der Waals surface area (Å²) in [5.74, 6) is -3.39. The number of benzene rings is 1. The normalized spacial score (nSPS) is 14.2. The van der Waals surface area contributed by atoms with E-state index in [1.165, 1.54) is 13.2 Å². The maximum absolute atomic E-state index is 13.3. The number of halogens is 4. The van der Waals surface area contributed by atoms with E-state index < -0.39 is 47.2 Å². The number of phenolic OH excluding ortho intramolecular Hbond substituents is 1. The molecule has 0 radical (unpaired) electrons. The molecule has 0 fully saturated rings. The van der Waals surface area contributed by atoms with Gasteiger partial charge in [0.2, 0.25) is 11.5 Å². The smallest absolute Gasteiger partial charge is 0.425 e. The van der Waals surface area contributed by atoms with Gasteiger partial charge in [0.15, 0.2) is 5.82 Å². The third-order valence-electron chi connectivity index (χ3n) is 3.31. The molecule has 0 aliphatic carbocycles. The number of nitrogens with zero attached hydrogens (tertiary/aromatic N) is 2. The molecule has 0 saturated heterocycles. The Kier molecular flexibility index (Phi) is 4.52. The average molecular weight is 347 g/mol. The number of aliphatic hydroxyl groups is 1. The standard InChI is InChI=1S/C14H13F4N3O3/c1-21-5-4-19-12(21)13(24,14(16,17)18)7-11(23)20-9-6-8(15)2-3-10(9)22/h2-6,22,24H,7H2,1H3,(H,20,23). The molecule has 3 N–H and O–H groups in total. The van der Waals surface area contributed by atoms with Crippen LogP contribution in [-0.2, 0) is 17.4 Å². The maximum atomic E-state index is 13.3. The van der Waals surface area contributed by atoms with E-state index in [1.807, 2.05) is 5.32 Å². The van der Waals surface area contributed by atoms with Gasteiger partial charge in [0.05, 0.1) is 12.1 Å². The number of carbonyl (C=O) groups is 1. The lowest BCUT2D eigenvalue weighted by Crippen LogP contribution is -2.46. The topological polar surface area (TPSA) is 87.4 Å². The molecule has 2 rings (SSSR count). The van der Waals surface area contributed by atoms with Gasteiger partial charge in [-0.3, -0.25) is 4.79 Å². The average Bonchev–Trinajstić information content (AvgIpc) is 2.88. The Hall–Kier alpha value is -2.62. The highest BCUT2D eigenvalue weighted by atomic mass is 19.4. The first kappa shape index (κ1) is 17.7. The van der Waals surface area contributed by atoms with Crippen molar-refractivity contribution in [3.8, 4) is 5.75 Å². The van der Waals surface area contributed by atoms with E-state index in [-0.39, 0.29) is 0 Å². The van der Waals surface area contributed by atoms with E-state index in [2.05, 4.69) is 4.98 Å². The van der Waals surface area contributed by atoms with E-state index in [9.17, 15) is 32.6 Å². The predicted molar refractivity (Wildman–Crippen MR) is 74.5 cm³/mol. The number of carbonyl (C=O) groups excluding carboxylic acids is 1. The summed E-state index contributed by atoms with van der Waals surface area (Å²) in [7, 11) is 1.23. The van der Waals surface area contributed by atoms with Crippen LogP contribution in [0.4, 0.5) is 23.2 Å². The van der Waals surface area contributed by atoms with Crippen molar-refractivity contribution in [2.75, 3.05) is 5.32 Å². The summed E-state index contributed by atoms with van der Waals surface area (Å²) in [6, 6.07) is 2.57. The molecular weight excluding hydrogens is 334 g/mol. The molecule has 1 aromatic heterocycles. The van der Waals surface area contributed by atoms with Gasteiger partial charge in [0, 0.05) is 25.5 Å². The van der Waals surface area contributed by atoms with Gasteiger partial charge >= 0.3 is 6.18 Å². The number of alkyl halides is 3. The Bertz CT molecular complexity index is 760. The molecule has 0 aliphatic heterocycles. The highest BCUT2D eigenvalue weighted by Gasteiger charge is 2.58. The summed E-state index contributed by atoms with van der Waals surface area (Å²) in [6.45, 7) is 0. The monoisotopic (exact) mass is 347 g/mol. The van der Waals surface area contributed by atoms with Crippen molar-refractivity contribution in [2.24, 2.45) is 7.05 Å². The number of imidazole rings is 1. The van der Waals surface area contributed by atoms with Crippen LogP contribution in [0.1, 0.15) is 12.2 Å². The van der Waals surface area contributed by atoms with Crippen LogP contribution in [0.5, 0.6) is 5.75 Å². The van der Waals surface area contributed by atoms with Crippen LogP contribution in [-0.4, -0.2) is 31.8 Å². The van der Waals surface area contributed by atoms with Crippen LogP contribution in [0.25, 0.3) is 0 Å². The number of rotatable bonds is 4. The summed E-state index contributed by atoms with van der Waals surface area (Å²) in [6.07, 6.45) is -4.38. The third kappa shape index (κ3) is 3.32. The van der Waals surface area contributed by atoms with Crippen LogP contribution in [0, 0.1) is 5.82 Å². The molecule has 2 aromatic rings. The summed E-state index contributed by atoms with van der Waals surface area (Å²) in [4.78, 5) is 15.4. The Labute approximate surface area is 133 Å². The second-order valence-corrected chi connectivity index (χ2v) is 5.11. The lowest BCUT2D eigenvalue weighted by molar-refractivity contribution is -0.270. The van der Waals surface area contributed by atoms with Gasteiger partial charge in [-0.05, 0) is 12.1 Å². The van der Waals surface area contributed by atoms with Crippen LogP contribution in [0.2, 0.25) is 0 Å². The Morgan fingerprint density at radius 3 is 2.58 bits per heavy atom. The van der Waals surface area contributed by atoms with Crippen molar-refractivity contribution in [2.45, 2.75) is 18.2 Å². The largest absolute Gasteiger partial charge is 0.506 e. The minimum absolute atomic E-state index is 0.413. The minimum Gasteiger partial charge on any atom is -0.506 e. The number of amides is 1. The zero-order valence-corrected chi connectivity index (χ0v) is 12.3. The number of hydrogen-bond acceptors (Lipinski definition) is 4. The molecule has 1 heterocycles. The van der Waals surface area contributed by atoms with Crippen LogP contribution in [0.15, 0.2) is 30.6 Å². The van der Waals surface area contributed by atoms with Gasteiger partial charge in [0.25, 0.3) is 0 Å². The number of aryl methyl sites for hydroxylation is 1. The first-order valence-corrected chi connectivity index (χ1v) is 6.60. The van der Waals surface area contributed by atoms with E-state index in [0.29, 0.717) is 0 Å². The number of anilines is 1. The highest BCUT2D eigenvalue weighted by Crippen LogP contribution is 2.41. The van der Waals surface area contributed by atoms with Gasteiger partial charge in [-0.25, -0.2) is 9.37 Å². The van der Waals surface area contributed by atoms with Gasteiger partial charge in [-0.15, -0.1) is 0 Å². The zero-order chi connectivity index (χ0) is 18.1. The van der Waals surface area contributed by atoms with E-state index in [0.717, 1.165) is 29.0 Å². The van der Waals surface area contributed by atoms with Crippen molar-refractivity contribution in [3.63, 3.8) is 0 Å². The van der Waals surface area contributed by atoms with Crippen molar-refractivity contribution >= 4 is 11.6 Å². The third-order valence-corrected chi connectivity index (χ3v) is 3.31. The number of hydrogen-bond donors (Lipinski definition) is 3. The summed E-state index contributed by atoms with van der Waals surface area (Å²) in [5, 5.41) is 21.5. The number of aromatic hydroxyl groups is 1. The van der Waals surface area contributed by atoms with Crippen molar-refractivity contribution in [1.29, 1.82) is 0 Å². The SMILES string of the molecule is Cn1ccnc1C(O)(CC(=O)Nc1cc(F)ccc1O)C(F)(F)F. The Morgan fingerprint density at radius 1 is 1.38 bits per heavy atom. The molecule has 0 saturated carbocycles. The molecule has 1 aromatic carbocycles. The fraction of sp³-hybridized carbons (Fsp3) is 0.286. The van der Waals surface area contributed by atoms with E-state index in [4.69, 9.17) is 0 Å². The Balaban J connectivity index is 2.29. The second kappa shape index (κ2) is 6.11. The van der Waals surface area contributed by atoms with E-state index in [1.54, 1.807) is 0 Å². The fourth-order valence-electron chi connectivity index (χ4n) is 2.11. The van der Waals surface area contributed by atoms with Crippen LogP contribution < -0.4 is 5.32 Å². The molecule has 6 nitrogen and oxygen atoms in total. The lowest BCUT2D eigenvalue weighted by atomic mass is 9.97. The zero-order valence-electron chi connectivity index (χ0n) is 12.3. The minimum atomic E-state index is -5.19. The van der Waals surface area contributed by atoms with Gasteiger partial charge in [0.1, 0.15) is 11.6 Å². The van der Waals surface area contributed by atoms with Gasteiger partial charge < -0.3 is 20.1 Å². The molecular formula is C14H13F4N3O3. The predicted octanol–water partition coefficient (Wildman–Crippen LogP) is 2.04. The second-order valence-electron chi connectivity index (χ2n) is 5.11. The number of nitrogens with one attached hydrogen (secondary N) is 1. The molecule has 1 amide bonds. The number of aromatic nitrogens is 2. The quantitative estimate of drug-likeness (QED) is 0.583. The van der Waals surface area contributed by atoms with Gasteiger partial charge in [-0.2, -0.15) is 13.2 Å². The first-order chi connectivity index (χ1) is 11.0. The molecule has 1 unspecified atom stereocenters. The maximum Gasteiger partial charge on any atom is 0.425 e. The molecule has 24 heavy (non-hydrogen) atoms. The van der Waals surface area contributed by atoms with Crippen molar-refractivity contribution < 1.29 is 32.6 Å². The lowest BCUT2D eigenvalue weighted by Gasteiger charge is -2.29. The summed E-state index contributed by atoms with van der Waals surface area (Å²) >= 11 is 0. The van der Waals surface area contributed by atoms with Crippen LogP contribution >= 0.6 is 0 Å². The molecule has 0 aliphatic rings. The van der Waals surface area contributed by atoms with Crippen molar-refractivity contribution in [1.82, 2.24) is 9.55 Å². The molecule has 0 spiro atoms. The summed E-state index contributed by atoms with van der Waals surface area (Å²) < 4.78 is 53.9.